The van der Waals surface area contributed by atoms with Crippen molar-refractivity contribution in [3.63, 3.8) is 0 Å². The number of benzene rings is 1. The van der Waals surface area contributed by atoms with Gasteiger partial charge in [0, 0.05) is 0 Å². The van der Waals surface area contributed by atoms with Gasteiger partial charge in [-0.15, -0.1) is 0 Å². The molecule has 3 heteroatoms. The highest BCUT2D eigenvalue weighted by atomic mass is 19.1. The molecule has 0 aliphatic heterocycles. The van der Waals surface area contributed by atoms with Gasteiger partial charge in [0.25, 0.3) is 0 Å². The van der Waals surface area contributed by atoms with Gasteiger partial charge in [-0.2, -0.15) is 0 Å². The molecule has 0 amide bonds. The second kappa shape index (κ2) is 3.85. The molecule has 1 rings (SSSR count). The van der Waals surface area contributed by atoms with Crippen molar-refractivity contribution < 1.29 is 8.97 Å². The van der Waals surface area contributed by atoms with Crippen molar-refractivity contribution in [2.75, 3.05) is 19.4 Å². The van der Waals surface area contributed by atoms with Crippen LogP contribution in [-0.4, -0.2) is 25.0 Å². The monoisotopic (exact) mass is 167 g/mol. The first kappa shape index (κ1) is 8.71. The number of nitrogens with zero attached hydrogens (tertiary/aromatic N) is 1. The highest BCUT2D eigenvalue weighted by Gasteiger charge is 1.93. The smallest absolute Gasteiger partial charge is 0.236 e. The van der Waals surface area contributed by atoms with Gasteiger partial charge in [-0.1, -0.05) is 0 Å². The van der Waals surface area contributed by atoms with Crippen LogP contribution in [0.3, 0.4) is 0 Å². The first-order valence-corrected chi connectivity index (χ1v) is 3.70. The number of hydrogen-bond acceptors (Lipinski definition) is 0. The predicted molar refractivity (Wildman–Crippen MR) is 48.2 cm³/mol. The Morgan fingerprint density at radius 3 is 2.33 bits per heavy atom. The van der Waals surface area contributed by atoms with Crippen LogP contribution in [0.25, 0.3) is 0 Å². The average Bonchev–Trinajstić information content (AvgIpc) is 2.03. The lowest BCUT2D eigenvalue weighted by Crippen LogP contribution is -2.06. The van der Waals surface area contributed by atoms with E-state index >= 15 is 0 Å². The first-order valence-electron chi connectivity index (χ1n) is 3.70. The van der Waals surface area contributed by atoms with E-state index < -0.39 is 0 Å². The molecule has 12 heavy (non-hydrogen) atoms. The van der Waals surface area contributed by atoms with Gasteiger partial charge in [0.05, 0.1) is 14.1 Å². The third-order valence-electron chi connectivity index (χ3n) is 1.33. The van der Waals surface area contributed by atoms with Crippen LogP contribution in [-0.2, 0) is 0 Å². The lowest BCUT2D eigenvalue weighted by Gasteiger charge is -1.94. The molecule has 2 nitrogen and oxygen atoms in total. The number of halogens is 1. The van der Waals surface area contributed by atoms with Gasteiger partial charge in [-0.3, -0.25) is 4.58 Å². The van der Waals surface area contributed by atoms with Crippen molar-refractivity contribution in [1.82, 2.24) is 0 Å². The summed E-state index contributed by atoms with van der Waals surface area (Å²) in [7, 11) is 3.83. The number of nitrogens with one attached hydrogen (secondary N) is 1. The van der Waals surface area contributed by atoms with E-state index in [-0.39, 0.29) is 5.82 Å². The summed E-state index contributed by atoms with van der Waals surface area (Å²) in [4.78, 5) is 0. The zero-order chi connectivity index (χ0) is 8.97. The van der Waals surface area contributed by atoms with Gasteiger partial charge in [-0.05, 0) is 24.3 Å². The second-order valence-electron chi connectivity index (χ2n) is 2.74. The van der Waals surface area contributed by atoms with E-state index in [4.69, 9.17) is 0 Å². The second-order valence-corrected chi connectivity index (χ2v) is 2.74. The van der Waals surface area contributed by atoms with E-state index in [2.05, 4.69) is 5.32 Å². The Hall–Kier alpha value is -1.38. The van der Waals surface area contributed by atoms with Crippen molar-refractivity contribution in [2.24, 2.45) is 0 Å². The van der Waals surface area contributed by atoms with Crippen LogP contribution < -0.4 is 5.32 Å². The predicted octanol–water partition coefficient (Wildman–Crippen LogP) is 1.54. The van der Waals surface area contributed by atoms with Gasteiger partial charge in [0.1, 0.15) is 11.5 Å². The molecule has 0 aliphatic rings. The maximum absolute atomic E-state index is 12.4. The molecule has 0 atom stereocenters. The Bertz CT molecular complexity index is 273. The molecule has 0 aliphatic carbocycles. The fourth-order valence-corrected chi connectivity index (χ4v) is 0.750. The van der Waals surface area contributed by atoms with Crippen molar-refractivity contribution in [1.29, 1.82) is 0 Å². The Morgan fingerprint density at radius 2 is 1.83 bits per heavy atom. The van der Waals surface area contributed by atoms with E-state index in [1.165, 1.54) is 12.1 Å². The van der Waals surface area contributed by atoms with Crippen LogP contribution in [0.2, 0.25) is 0 Å². The van der Waals surface area contributed by atoms with E-state index in [0.717, 1.165) is 5.69 Å². The molecule has 0 saturated carbocycles. The molecule has 1 aromatic rings. The lowest BCUT2D eigenvalue weighted by molar-refractivity contribution is -0.459. The fraction of sp³-hybridized carbons (Fsp3) is 0.222. The molecule has 1 aromatic carbocycles. The summed E-state index contributed by atoms with van der Waals surface area (Å²) in [6.07, 6.45) is 1.80. The third kappa shape index (κ3) is 2.70. The van der Waals surface area contributed by atoms with E-state index in [1.807, 2.05) is 18.7 Å². The Kier molecular flexibility index (Phi) is 2.80. The molecule has 0 fully saturated rings. The minimum Gasteiger partial charge on any atom is -0.273 e. The number of anilines is 1. The lowest BCUT2D eigenvalue weighted by atomic mass is 10.3. The largest absolute Gasteiger partial charge is 0.273 e. The highest BCUT2D eigenvalue weighted by Crippen LogP contribution is 2.06. The molecule has 0 aromatic heterocycles. The maximum atomic E-state index is 12.4. The van der Waals surface area contributed by atoms with Crippen LogP contribution in [0.5, 0.6) is 0 Å². The van der Waals surface area contributed by atoms with E-state index in [9.17, 15) is 4.39 Å². The van der Waals surface area contributed by atoms with Crippen LogP contribution in [0.15, 0.2) is 24.3 Å². The van der Waals surface area contributed by atoms with E-state index in [0.29, 0.717) is 0 Å². The highest BCUT2D eigenvalue weighted by molar-refractivity contribution is 5.71. The molecule has 0 unspecified atom stereocenters. The van der Waals surface area contributed by atoms with Crippen molar-refractivity contribution in [3.05, 3.63) is 30.1 Å². The molecular formula is C9H12FN2+. The molecule has 0 saturated heterocycles. The van der Waals surface area contributed by atoms with Gasteiger partial charge in [0.15, 0.2) is 0 Å². The summed E-state index contributed by atoms with van der Waals surface area (Å²) < 4.78 is 14.3. The minimum absolute atomic E-state index is 0.217. The van der Waals surface area contributed by atoms with Crippen molar-refractivity contribution >= 4 is 12.0 Å². The number of hydrogen-bond donors (Lipinski definition) is 1. The standard InChI is InChI=1S/C9H11FN2/c1-12(2)7-11-9-5-3-8(10)4-6-9/h3-7H,1-2H3/p+1. The first-order chi connectivity index (χ1) is 5.68. The molecule has 0 heterocycles. The quantitative estimate of drug-likeness (QED) is 0.401. The molecule has 0 bridgehead atoms. The van der Waals surface area contributed by atoms with Crippen molar-refractivity contribution in [2.45, 2.75) is 0 Å². The zero-order valence-corrected chi connectivity index (χ0v) is 7.21. The summed E-state index contributed by atoms with van der Waals surface area (Å²) in [5.41, 5.74) is 0.880. The van der Waals surface area contributed by atoms with Gasteiger partial charge >= 0.3 is 0 Å². The van der Waals surface area contributed by atoms with Crippen LogP contribution in [0, 0.1) is 5.82 Å². The fourth-order valence-electron chi connectivity index (χ4n) is 0.750. The molecule has 1 N–H and O–H groups in total. The SMILES string of the molecule is C[N+](C)=CNc1ccc(F)cc1. The summed E-state index contributed by atoms with van der Waals surface area (Å²) in [5.74, 6) is -0.217. The Labute approximate surface area is 71.3 Å². The maximum Gasteiger partial charge on any atom is 0.236 e. The Morgan fingerprint density at radius 1 is 1.25 bits per heavy atom. The molecule has 0 spiro atoms. The van der Waals surface area contributed by atoms with Gasteiger partial charge in [0.2, 0.25) is 6.34 Å². The molecule has 0 radical (unpaired) electrons. The third-order valence-corrected chi connectivity index (χ3v) is 1.33. The summed E-state index contributed by atoms with van der Waals surface area (Å²) in [6.45, 7) is 0. The van der Waals surface area contributed by atoms with Gasteiger partial charge < -0.3 is 0 Å². The van der Waals surface area contributed by atoms with Crippen LogP contribution in [0.4, 0.5) is 10.1 Å². The summed E-state index contributed by atoms with van der Waals surface area (Å²) >= 11 is 0. The summed E-state index contributed by atoms with van der Waals surface area (Å²) in [6, 6.07) is 6.22. The van der Waals surface area contributed by atoms with Crippen molar-refractivity contribution in [3.8, 4) is 0 Å². The minimum atomic E-state index is -0.217. The van der Waals surface area contributed by atoms with Crippen LogP contribution in [0.1, 0.15) is 0 Å². The van der Waals surface area contributed by atoms with Crippen LogP contribution >= 0.6 is 0 Å². The Balaban J connectivity index is 2.65. The average molecular weight is 167 g/mol. The normalized spacial score (nSPS) is 9.25. The topological polar surface area (TPSA) is 15.0 Å². The van der Waals surface area contributed by atoms with E-state index in [1.54, 1.807) is 18.5 Å². The molecule has 64 valence electrons. The molecular weight excluding hydrogens is 155 g/mol. The van der Waals surface area contributed by atoms with Gasteiger partial charge in [-0.25, -0.2) is 9.71 Å². The summed E-state index contributed by atoms with van der Waals surface area (Å²) in [5, 5.41) is 3.01. The zero-order valence-electron chi connectivity index (χ0n) is 7.21. The number of rotatable bonds is 2.